The molecule has 5 nitrogen and oxygen atoms in total. The Labute approximate surface area is 154 Å². The van der Waals surface area contributed by atoms with Crippen LogP contribution >= 0.6 is 23.2 Å². The van der Waals surface area contributed by atoms with E-state index in [9.17, 15) is 13.2 Å². The molecule has 0 fully saturated rings. The van der Waals surface area contributed by atoms with Gasteiger partial charge in [0.15, 0.2) is 0 Å². The molecule has 0 radical (unpaired) electrons. The van der Waals surface area contributed by atoms with Crippen molar-refractivity contribution in [3.05, 3.63) is 64.3 Å². The first-order chi connectivity index (χ1) is 11.8. The van der Waals surface area contributed by atoms with Crippen molar-refractivity contribution in [2.45, 2.75) is 17.7 Å². The number of carboxylic acid groups (broad SMARTS) is 1. The summed E-state index contributed by atoms with van der Waals surface area (Å²) in [5, 5.41) is 9.95. The molecule has 0 unspecified atom stereocenters. The Bertz CT molecular complexity index is 1060. The molecule has 2 aromatic carbocycles. The molecule has 25 heavy (non-hydrogen) atoms. The third-order valence-electron chi connectivity index (χ3n) is 3.78. The van der Waals surface area contributed by atoms with Gasteiger partial charge in [-0.15, -0.1) is 0 Å². The van der Waals surface area contributed by atoms with Crippen LogP contribution in [0.3, 0.4) is 0 Å². The fourth-order valence-corrected chi connectivity index (χ4v) is 4.60. The highest BCUT2D eigenvalue weighted by molar-refractivity contribution is 7.90. The van der Waals surface area contributed by atoms with Gasteiger partial charge in [0.2, 0.25) is 0 Å². The number of hydrogen-bond acceptors (Lipinski definition) is 3. The van der Waals surface area contributed by atoms with E-state index < -0.39 is 16.0 Å². The van der Waals surface area contributed by atoms with Crippen molar-refractivity contribution < 1.29 is 18.3 Å². The molecular formula is C17H13Cl2NO4S. The molecule has 0 aliphatic heterocycles. The van der Waals surface area contributed by atoms with Crippen LogP contribution in [0, 0.1) is 0 Å². The molecule has 0 saturated carbocycles. The maximum atomic E-state index is 13.1. The second kappa shape index (κ2) is 6.71. The first kappa shape index (κ1) is 17.8. The zero-order valence-corrected chi connectivity index (χ0v) is 15.1. The van der Waals surface area contributed by atoms with Gasteiger partial charge in [0.05, 0.1) is 26.9 Å². The first-order valence-corrected chi connectivity index (χ1v) is 9.52. The second-order valence-electron chi connectivity index (χ2n) is 5.41. The fraction of sp³-hybridized carbons (Fsp3) is 0.118. The van der Waals surface area contributed by atoms with Crippen LogP contribution in [0.25, 0.3) is 10.9 Å². The van der Waals surface area contributed by atoms with E-state index in [1.54, 1.807) is 30.3 Å². The lowest BCUT2D eigenvalue weighted by atomic mass is 10.2. The van der Waals surface area contributed by atoms with Crippen molar-refractivity contribution >= 4 is 50.1 Å². The third kappa shape index (κ3) is 3.25. The van der Waals surface area contributed by atoms with Gasteiger partial charge in [-0.05, 0) is 36.8 Å². The minimum absolute atomic E-state index is 0.0457. The number of fused-ring (bicyclic) bond motifs is 1. The number of nitrogens with zero attached hydrogens (tertiary/aromatic N) is 1. The Morgan fingerprint density at radius 3 is 2.40 bits per heavy atom. The molecule has 0 aliphatic rings. The molecule has 3 aromatic rings. The zero-order valence-electron chi connectivity index (χ0n) is 12.8. The van der Waals surface area contributed by atoms with Crippen LogP contribution in [-0.2, 0) is 21.2 Å². The van der Waals surface area contributed by atoms with Crippen LogP contribution in [0.1, 0.15) is 12.1 Å². The maximum Gasteiger partial charge on any atom is 0.303 e. The highest BCUT2D eigenvalue weighted by Gasteiger charge is 2.24. The van der Waals surface area contributed by atoms with Gasteiger partial charge >= 0.3 is 5.97 Å². The minimum atomic E-state index is -3.91. The van der Waals surface area contributed by atoms with E-state index in [2.05, 4.69) is 0 Å². The number of aliphatic carboxylic acids is 1. The molecule has 0 bridgehead atoms. The average molecular weight is 398 g/mol. The molecule has 0 spiro atoms. The van der Waals surface area contributed by atoms with Gasteiger partial charge in [0, 0.05) is 11.1 Å². The maximum absolute atomic E-state index is 13.1. The Morgan fingerprint density at radius 1 is 1.08 bits per heavy atom. The van der Waals surface area contributed by atoms with Gasteiger partial charge in [-0.1, -0.05) is 41.4 Å². The molecule has 0 saturated heterocycles. The van der Waals surface area contributed by atoms with Crippen LogP contribution in [0.15, 0.2) is 53.4 Å². The summed E-state index contributed by atoms with van der Waals surface area (Å²) in [6, 6.07) is 12.6. The smallest absolute Gasteiger partial charge is 0.303 e. The molecule has 1 N–H and O–H groups in total. The van der Waals surface area contributed by atoms with Gasteiger partial charge in [-0.3, -0.25) is 4.79 Å². The number of aromatic nitrogens is 1. The van der Waals surface area contributed by atoms with Crippen molar-refractivity contribution in [1.82, 2.24) is 3.97 Å². The monoisotopic (exact) mass is 397 g/mol. The van der Waals surface area contributed by atoms with Crippen molar-refractivity contribution in [3.63, 3.8) is 0 Å². The van der Waals surface area contributed by atoms with E-state index in [-0.39, 0.29) is 22.8 Å². The standard InChI is InChI=1S/C17H13Cl2NO4S/c18-14-7-8-15-13(17(14)19)10-11(6-9-16(21)22)20(15)25(23,24)12-4-2-1-3-5-12/h1-5,7-8,10H,6,9H2,(H,21,22). The van der Waals surface area contributed by atoms with Crippen molar-refractivity contribution in [3.8, 4) is 0 Å². The number of carbonyl (C=O) groups is 1. The number of aryl methyl sites for hydroxylation is 1. The van der Waals surface area contributed by atoms with Crippen LogP contribution in [0.5, 0.6) is 0 Å². The Balaban J connectivity index is 2.30. The number of carboxylic acids is 1. The lowest BCUT2D eigenvalue weighted by Crippen LogP contribution is -2.16. The van der Waals surface area contributed by atoms with Gasteiger partial charge < -0.3 is 5.11 Å². The normalized spacial score (nSPS) is 11.8. The SMILES string of the molecule is O=C(O)CCc1cc2c(Cl)c(Cl)ccc2n1S(=O)(=O)c1ccccc1. The van der Waals surface area contributed by atoms with Crippen molar-refractivity contribution in [2.24, 2.45) is 0 Å². The molecule has 130 valence electrons. The van der Waals surface area contributed by atoms with Crippen LogP contribution in [-0.4, -0.2) is 23.5 Å². The van der Waals surface area contributed by atoms with E-state index >= 15 is 0 Å². The predicted molar refractivity (Wildman–Crippen MR) is 96.9 cm³/mol. The molecule has 0 atom stereocenters. The van der Waals surface area contributed by atoms with Gasteiger partial charge in [-0.25, -0.2) is 12.4 Å². The van der Waals surface area contributed by atoms with E-state index in [0.717, 1.165) is 3.97 Å². The summed E-state index contributed by atoms with van der Waals surface area (Å²) in [4.78, 5) is 11.0. The van der Waals surface area contributed by atoms with Gasteiger partial charge in [0.1, 0.15) is 0 Å². The molecule has 0 aliphatic carbocycles. The fourth-order valence-electron chi connectivity index (χ4n) is 2.64. The summed E-state index contributed by atoms with van der Waals surface area (Å²) in [6.45, 7) is 0. The van der Waals surface area contributed by atoms with Crippen LogP contribution < -0.4 is 0 Å². The Morgan fingerprint density at radius 2 is 1.76 bits per heavy atom. The summed E-state index contributed by atoms with van der Waals surface area (Å²) in [7, 11) is -3.91. The predicted octanol–water partition coefficient (Wildman–Crippen LogP) is 4.20. The quantitative estimate of drug-likeness (QED) is 0.699. The number of rotatable bonds is 5. The summed E-state index contributed by atoms with van der Waals surface area (Å²) in [5.41, 5.74) is 0.698. The largest absolute Gasteiger partial charge is 0.481 e. The van der Waals surface area contributed by atoms with Gasteiger partial charge in [0.25, 0.3) is 10.0 Å². The number of halogens is 2. The molecule has 3 rings (SSSR count). The Kier molecular flexibility index (Phi) is 4.77. The highest BCUT2D eigenvalue weighted by Crippen LogP contribution is 2.35. The van der Waals surface area contributed by atoms with E-state index in [0.29, 0.717) is 21.6 Å². The third-order valence-corrected chi connectivity index (χ3v) is 6.38. The lowest BCUT2D eigenvalue weighted by Gasteiger charge is -2.12. The summed E-state index contributed by atoms with van der Waals surface area (Å²) >= 11 is 12.2. The summed E-state index contributed by atoms with van der Waals surface area (Å²) in [6.07, 6.45) is -0.157. The molecule has 1 aromatic heterocycles. The van der Waals surface area contributed by atoms with Crippen LogP contribution in [0.2, 0.25) is 10.0 Å². The second-order valence-corrected chi connectivity index (χ2v) is 7.98. The topological polar surface area (TPSA) is 76.4 Å². The molecular weight excluding hydrogens is 385 g/mol. The molecule has 0 amide bonds. The summed E-state index contributed by atoms with van der Waals surface area (Å²) in [5.74, 6) is -1.02. The van der Waals surface area contributed by atoms with Crippen LogP contribution in [0.4, 0.5) is 0 Å². The number of hydrogen-bond donors (Lipinski definition) is 1. The molecule has 8 heteroatoms. The first-order valence-electron chi connectivity index (χ1n) is 7.33. The van der Waals surface area contributed by atoms with E-state index in [4.69, 9.17) is 28.3 Å². The van der Waals surface area contributed by atoms with E-state index in [1.165, 1.54) is 18.2 Å². The Hall–Kier alpha value is -2.02. The van der Waals surface area contributed by atoms with Crippen molar-refractivity contribution in [2.75, 3.05) is 0 Å². The van der Waals surface area contributed by atoms with Gasteiger partial charge in [-0.2, -0.15) is 0 Å². The highest BCUT2D eigenvalue weighted by atomic mass is 35.5. The number of benzene rings is 2. The van der Waals surface area contributed by atoms with E-state index in [1.807, 2.05) is 0 Å². The molecule has 1 heterocycles. The average Bonchev–Trinajstić information content (AvgIpc) is 2.97. The minimum Gasteiger partial charge on any atom is -0.481 e. The zero-order chi connectivity index (χ0) is 18.2. The van der Waals surface area contributed by atoms with Crippen molar-refractivity contribution in [1.29, 1.82) is 0 Å². The summed E-state index contributed by atoms with van der Waals surface area (Å²) < 4.78 is 27.4. The lowest BCUT2D eigenvalue weighted by molar-refractivity contribution is -0.136.